The molecule has 1 N–H and O–H groups in total. The second-order valence-electron chi connectivity index (χ2n) is 10.5. The van der Waals surface area contributed by atoms with Gasteiger partial charge in [-0.1, -0.05) is 37.3 Å². The number of fused-ring (bicyclic) bond motifs is 2. The summed E-state index contributed by atoms with van der Waals surface area (Å²) in [4.78, 5) is 28.2. The Morgan fingerprint density at radius 3 is 2.56 bits per heavy atom. The molecule has 3 heterocycles. The van der Waals surface area contributed by atoms with E-state index in [-0.39, 0.29) is 24.8 Å². The zero-order valence-corrected chi connectivity index (χ0v) is 22.1. The monoisotopic (exact) mass is 509 g/mol. The maximum atomic E-state index is 15.6. The maximum absolute atomic E-state index is 15.6. The second kappa shape index (κ2) is 8.90. The van der Waals surface area contributed by atoms with Crippen molar-refractivity contribution in [1.29, 1.82) is 0 Å². The molecule has 1 saturated heterocycles. The van der Waals surface area contributed by atoms with Crippen LogP contribution in [0.15, 0.2) is 53.6 Å². The Morgan fingerprint density at radius 2 is 1.89 bits per heavy atom. The highest BCUT2D eigenvalue weighted by atomic mass is 28.4. The molecule has 7 nitrogen and oxygen atoms in total. The predicted molar refractivity (Wildman–Crippen MR) is 139 cm³/mol. The minimum atomic E-state index is -3.25. The molecule has 1 spiro atoms. The van der Waals surface area contributed by atoms with Crippen molar-refractivity contribution in [3.63, 3.8) is 0 Å². The molecule has 3 aliphatic heterocycles. The Morgan fingerprint density at radius 1 is 1.17 bits per heavy atom. The number of aliphatic hydroxyl groups is 1. The molecular formula is C27H32FN3O4Si. The molecule has 2 aromatic rings. The number of aliphatic hydroxyl groups excluding tert-OH is 1. The van der Waals surface area contributed by atoms with Gasteiger partial charge in [-0.15, -0.1) is 0 Å². The Bertz CT molecular complexity index is 1230. The Kier molecular flexibility index (Phi) is 6.13. The summed E-state index contributed by atoms with van der Waals surface area (Å²) in [7, 11) is -1.56. The average Bonchev–Trinajstić information content (AvgIpc) is 3.26. The molecule has 1 fully saturated rings. The van der Waals surface area contributed by atoms with Gasteiger partial charge in [-0.3, -0.25) is 9.59 Å². The second-order valence-corrected chi connectivity index (χ2v) is 14.3. The first-order valence-electron chi connectivity index (χ1n) is 12.5. The van der Waals surface area contributed by atoms with Crippen molar-refractivity contribution < 1.29 is 23.5 Å². The molecule has 2 amide bonds. The lowest BCUT2D eigenvalue weighted by Gasteiger charge is -2.31. The van der Waals surface area contributed by atoms with Gasteiger partial charge in [0.25, 0.3) is 5.91 Å². The number of rotatable bonds is 5. The van der Waals surface area contributed by atoms with Crippen molar-refractivity contribution in [2.75, 3.05) is 23.6 Å². The molecule has 0 saturated carbocycles. The number of benzene rings is 2. The summed E-state index contributed by atoms with van der Waals surface area (Å²) in [5.74, 6) is -0.813. The molecular weight excluding hydrogens is 477 g/mol. The van der Waals surface area contributed by atoms with Crippen molar-refractivity contribution in [2.45, 2.75) is 56.5 Å². The summed E-state index contributed by atoms with van der Waals surface area (Å²) in [6.45, 7) is 4.99. The van der Waals surface area contributed by atoms with Crippen LogP contribution in [-0.4, -0.2) is 50.8 Å². The van der Waals surface area contributed by atoms with E-state index in [0.29, 0.717) is 29.8 Å². The Hall–Kier alpha value is -2.88. The molecule has 36 heavy (non-hydrogen) atoms. The number of amides is 2. The lowest BCUT2D eigenvalue weighted by Crippen LogP contribution is -2.44. The lowest BCUT2D eigenvalue weighted by atomic mass is 9.82. The summed E-state index contributed by atoms with van der Waals surface area (Å²) in [6.07, 6.45) is 0.571. The molecule has 0 unspecified atom stereocenters. The predicted octanol–water partition coefficient (Wildman–Crippen LogP) is 4.35. The van der Waals surface area contributed by atoms with Gasteiger partial charge < -0.3 is 18.9 Å². The van der Waals surface area contributed by atoms with Gasteiger partial charge in [0.15, 0.2) is 5.60 Å². The van der Waals surface area contributed by atoms with E-state index in [4.69, 9.17) is 4.74 Å². The van der Waals surface area contributed by atoms with Crippen LogP contribution in [0.1, 0.15) is 37.3 Å². The van der Waals surface area contributed by atoms with Gasteiger partial charge in [-0.2, -0.15) is 5.10 Å². The SMILES string of the molecule is C[C@@H]1[C@@H]([Si](C)(C)F)[C@H](CCO)O[C@@]12C(=O)N(C)c1ccc(N3N=C(c4ccccc4)CCC3=O)cc12. The quantitative estimate of drug-likeness (QED) is 0.480. The van der Waals surface area contributed by atoms with Crippen LogP contribution in [0.4, 0.5) is 15.5 Å². The van der Waals surface area contributed by atoms with Gasteiger partial charge in [0.2, 0.25) is 14.3 Å². The number of ether oxygens (including phenoxy) is 1. The number of hydrogen-bond acceptors (Lipinski definition) is 5. The van der Waals surface area contributed by atoms with Crippen molar-refractivity contribution in [1.82, 2.24) is 0 Å². The standard InChI is InChI=1S/C27H32FN3O4Si/c1-17-25(36(3,4)28)23(14-15-32)35-27(17)20-16-19(10-12-22(20)30(2)26(27)34)31-24(33)13-11-21(29-31)18-8-6-5-7-9-18/h5-10,12,16-17,23,25,32H,11,13-15H2,1-4H3/t17-,23+,25-,27+/m1/s1. The topological polar surface area (TPSA) is 82.4 Å². The fourth-order valence-corrected chi connectivity index (χ4v) is 8.80. The average molecular weight is 510 g/mol. The van der Waals surface area contributed by atoms with Crippen LogP contribution in [0.5, 0.6) is 0 Å². The summed E-state index contributed by atoms with van der Waals surface area (Å²) < 4.78 is 22.0. The molecule has 4 atom stereocenters. The molecule has 9 heteroatoms. The largest absolute Gasteiger partial charge is 0.396 e. The summed E-state index contributed by atoms with van der Waals surface area (Å²) in [6, 6.07) is 15.1. The molecule has 0 aromatic heterocycles. The smallest absolute Gasteiger partial charge is 0.264 e. The van der Waals surface area contributed by atoms with E-state index < -0.39 is 31.6 Å². The van der Waals surface area contributed by atoms with Crippen LogP contribution in [-0.2, 0) is 19.9 Å². The van der Waals surface area contributed by atoms with E-state index in [0.717, 1.165) is 11.3 Å². The van der Waals surface area contributed by atoms with Crippen LogP contribution < -0.4 is 9.91 Å². The van der Waals surface area contributed by atoms with Gasteiger partial charge in [0.1, 0.15) is 0 Å². The van der Waals surface area contributed by atoms with E-state index in [1.54, 1.807) is 43.2 Å². The molecule has 0 aliphatic carbocycles. The first-order chi connectivity index (χ1) is 17.1. The van der Waals surface area contributed by atoms with E-state index in [2.05, 4.69) is 5.10 Å². The van der Waals surface area contributed by atoms with Crippen LogP contribution in [0, 0.1) is 5.92 Å². The molecule has 2 aromatic carbocycles. The zero-order chi connectivity index (χ0) is 25.8. The van der Waals surface area contributed by atoms with Crippen molar-refractivity contribution in [2.24, 2.45) is 11.0 Å². The zero-order valence-electron chi connectivity index (χ0n) is 21.1. The van der Waals surface area contributed by atoms with Gasteiger partial charge in [0.05, 0.1) is 23.2 Å². The first-order valence-corrected chi connectivity index (χ1v) is 15.4. The highest BCUT2D eigenvalue weighted by Gasteiger charge is 2.66. The third-order valence-corrected chi connectivity index (χ3v) is 10.3. The van der Waals surface area contributed by atoms with Crippen molar-refractivity contribution >= 4 is 37.3 Å². The summed E-state index contributed by atoms with van der Waals surface area (Å²) >= 11 is 0. The number of carbonyl (C=O) groups excluding carboxylic acids is 2. The van der Waals surface area contributed by atoms with Gasteiger partial charge >= 0.3 is 0 Å². The number of likely N-dealkylation sites (N-methyl/N-ethyl adjacent to an activating group) is 1. The Balaban J connectivity index is 1.61. The maximum Gasteiger partial charge on any atom is 0.264 e. The summed E-state index contributed by atoms with van der Waals surface area (Å²) in [5, 5.41) is 15.7. The number of hydrogen-bond donors (Lipinski definition) is 1. The molecule has 190 valence electrons. The highest BCUT2D eigenvalue weighted by molar-refractivity contribution is 6.72. The minimum absolute atomic E-state index is 0.130. The number of carbonyl (C=O) groups is 2. The fourth-order valence-electron chi connectivity index (χ4n) is 6.26. The van der Waals surface area contributed by atoms with Crippen LogP contribution >= 0.6 is 0 Å². The number of halogens is 1. The normalized spacial score (nSPS) is 28.2. The number of nitrogens with zero attached hydrogens (tertiary/aromatic N) is 3. The fraction of sp³-hybridized carbons (Fsp3) is 0.444. The van der Waals surface area contributed by atoms with Crippen LogP contribution in [0.2, 0.25) is 18.6 Å². The van der Waals surface area contributed by atoms with Gasteiger partial charge in [-0.25, -0.2) is 5.01 Å². The van der Waals surface area contributed by atoms with Gasteiger partial charge in [0, 0.05) is 43.5 Å². The highest BCUT2D eigenvalue weighted by Crippen LogP contribution is 2.60. The first kappa shape index (κ1) is 24.8. The number of hydrazone groups is 1. The van der Waals surface area contributed by atoms with Crippen molar-refractivity contribution in [3.05, 3.63) is 59.7 Å². The van der Waals surface area contributed by atoms with Gasteiger partial charge in [-0.05, 0) is 43.3 Å². The minimum Gasteiger partial charge on any atom is -0.396 e. The van der Waals surface area contributed by atoms with E-state index >= 15 is 4.11 Å². The molecule has 3 aliphatic rings. The molecule has 5 rings (SSSR count). The van der Waals surface area contributed by atoms with Crippen molar-refractivity contribution in [3.8, 4) is 0 Å². The molecule has 0 bridgehead atoms. The Labute approximate surface area is 211 Å². The number of anilines is 2. The third-order valence-electron chi connectivity index (χ3n) is 7.87. The van der Waals surface area contributed by atoms with E-state index in [9.17, 15) is 14.7 Å². The summed E-state index contributed by atoms with van der Waals surface area (Å²) in [5.41, 5.74) is 1.79. The van der Waals surface area contributed by atoms with E-state index in [1.165, 1.54) is 5.01 Å². The van der Waals surface area contributed by atoms with Crippen LogP contribution in [0.3, 0.4) is 0 Å². The molecule has 0 radical (unpaired) electrons. The van der Waals surface area contributed by atoms with Crippen LogP contribution in [0.25, 0.3) is 0 Å². The third kappa shape index (κ3) is 3.72. The lowest BCUT2D eigenvalue weighted by molar-refractivity contribution is -0.146. The van der Waals surface area contributed by atoms with E-state index in [1.807, 2.05) is 37.3 Å².